The van der Waals surface area contributed by atoms with Crippen molar-refractivity contribution in [2.45, 2.75) is 45.1 Å². The minimum atomic E-state index is 0.155. The average Bonchev–Trinajstić information content (AvgIpc) is 2.76. The van der Waals surface area contributed by atoms with Gasteiger partial charge in [0.1, 0.15) is 5.01 Å². The van der Waals surface area contributed by atoms with Crippen LogP contribution in [-0.2, 0) is 11.2 Å². The summed E-state index contributed by atoms with van der Waals surface area (Å²) >= 11 is 1.55. The van der Waals surface area contributed by atoms with Crippen molar-refractivity contribution >= 4 is 17.2 Å². The third-order valence-electron chi connectivity index (χ3n) is 3.38. The maximum Gasteiger partial charge on any atom is 0.229 e. The van der Waals surface area contributed by atoms with Gasteiger partial charge in [-0.2, -0.15) is 0 Å². The molecule has 1 N–H and O–H groups in total. The molecule has 1 aromatic rings. The maximum absolute atomic E-state index is 12.3. The zero-order chi connectivity index (χ0) is 13.0. The van der Waals surface area contributed by atoms with E-state index in [-0.39, 0.29) is 18.6 Å². The lowest BCUT2D eigenvalue weighted by Gasteiger charge is -2.35. The molecule has 1 unspecified atom stereocenters. The summed E-state index contributed by atoms with van der Waals surface area (Å²) in [4.78, 5) is 18.6. The molecule has 1 atom stereocenters. The summed E-state index contributed by atoms with van der Waals surface area (Å²) < 4.78 is 0. The van der Waals surface area contributed by atoms with E-state index in [0.717, 1.165) is 36.5 Å². The van der Waals surface area contributed by atoms with Crippen molar-refractivity contribution in [1.29, 1.82) is 0 Å². The van der Waals surface area contributed by atoms with E-state index in [1.165, 1.54) is 0 Å². The fourth-order valence-electron chi connectivity index (χ4n) is 2.49. The van der Waals surface area contributed by atoms with E-state index < -0.39 is 0 Å². The third kappa shape index (κ3) is 3.29. The van der Waals surface area contributed by atoms with E-state index >= 15 is 0 Å². The van der Waals surface area contributed by atoms with Gasteiger partial charge < -0.3 is 10.0 Å². The molecular formula is C13H20N2O2S. The number of carbonyl (C=O) groups is 1. The highest BCUT2D eigenvalue weighted by atomic mass is 32.1. The summed E-state index contributed by atoms with van der Waals surface area (Å²) in [5, 5.41) is 11.9. The molecule has 0 saturated carbocycles. The van der Waals surface area contributed by atoms with Gasteiger partial charge in [0, 0.05) is 30.3 Å². The Labute approximate surface area is 112 Å². The Balaban J connectivity index is 1.97. The molecule has 1 fully saturated rings. The molecule has 2 rings (SSSR count). The molecule has 0 bridgehead atoms. The van der Waals surface area contributed by atoms with Crippen LogP contribution in [0.25, 0.3) is 0 Å². The van der Waals surface area contributed by atoms with E-state index in [1.807, 2.05) is 17.2 Å². The molecule has 1 amide bonds. The van der Waals surface area contributed by atoms with Crippen LogP contribution < -0.4 is 0 Å². The first kappa shape index (κ1) is 13.5. The molecule has 5 heteroatoms. The Morgan fingerprint density at radius 2 is 2.44 bits per heavy atom. The summed E-state index contributed by atoms with van der Waals surface area (Å²) in [5.74, 6) is 0.155. The zero-order valence-corrected chi connectivity index (χ0v) is 11.6. The van der Waals surface area contributed by atoms with Crippen molar-refractivity contribution in [2.75, 3.05) is 13.2 Å². The van der Waals surface area contributed by atoms with Crippen molar-refractivity contribution in [1.82, 2.24) is 9.88 Å². The highest BCUT2D eigenvalue weighted by Gasteiger charge is 2.26. The lowest BCUT2D eigenvalue weighted by molar-refractivity contribution is -0.134. The molecule has 4 nitrogen and oxygen atoms in total. The van der Waals surface area contributed by atoms with Crippen LogP contribution in [0.15, 0.2) is 5.38 Å². The maximum atomic E-state index is 12.3. The van der Waals surface area contributed by atoms with Crippen molar-refractivity contribution in [2.24, 2.45) is 0 Å². The second-order valence-corrected chi connectivity index (χ2v) is 5.75. The molecule has 1 aromatic heterocycles. The quantitative estimate of drug-likeness (QED) is 0.905. The van der Waals surface area contributed by atoms with Crippen LogP contribution in [0.1, 0.15) is 36.4 Å². The second-order valence-electron chi connectivity index (χ2n) is 4.81. The Morgan fingerprint density at radius 1 is 1.61 bits per heavy atom. The van der Waals surface area contributed by atoms with Crippen LogP contribution in [0.3, 0.4) is 0 Å². The molecule has 1 saturated heterocycles. The molecular weight excluding hydrogens is 248 g/mol. The molecule has 100 valence electrons. The average molecular weight is 268 g/mol. The standard InChI is InChI=1S/C13H20N2O2S/c1-10-9-18-12(14-10)8-13(17)15-6-3-2-4-11(15)5-7-16/h9,11,16H,2-8H2,1H3. The van der Waals surface area contributed by atoms with Gasteiger partial charge in [-0.05, 0) is 32.6 Å². The van der Waals surface area contributed by atoms with Gasteiger partial charge in [0.2, 0.25) is 5.91 Å². The first-order chi connectivity index (χ1) is 8.70. The number of nitrogens with zero attached hydrogens (tertiary/aromatic N) is 2. The summed E-state index contributed by atoms with van der Waals surface area (Å²) in [5.41, 5.74) is 0.980. The molecule has 0 radical (unpaired) electrons. The highest BCUT2D eigenvalue weighted by Crippen LogP contribution is 2.21. The molecule has 0 aromatic carbocycles. The number of aryl methyl sites for hydroxylation is 1. The molecule has 0 spiro atoms. The number of hydrogen-bond acceptors (Lipinski definition) is 4. The van der Waals surface area contributed by atoms with Gasteiger partial charge in [0.25, 0.3) is 0 Å². The summed E-state index contributed by atoms with van der Waals surface area (Å²) in [6.45, 7) is 2.93. The third-order valence-corrected chi connectivity index (χ3v) is 4.35. The molecule has 0 aliphatic carbocycles. The lowest BCUT2D eigenvalue weighted by atomic mass is 9.99. The normalized spacial score (nSPS) is 20.1. The zero-order valence-electron chi connectivity index (χ0n) is 10.8. The summed E-state index contributed by atoms with van der Waals surface area (Å²) in [7, 11) is 0. The van der Waals surface area contributed by atoms with Gasteiger partial charge in [-0.3, -0.25) is 4.79 Å². The highest BCUT2D eigenvalue weighted by molar-refractivity contribution is 7.09. The van der Waals surface area contributed by atoms with Crippen LogP contribution in [-0.4, -0.2) is 40.1 Å². The molecule has 1 aliphatic rings. The van der Waals surface area contributed by atoms with Crippen molar-refractivity contribution in [3.8, 4) is 0 Å². The largest absolute Gasteiger partial charge is 0.396 e. The number of aliphatic hydroxyl groups excluding tert-OH is 1. The summed E-state index contributed by atoms with van der Waals surface area (Å²) in [6.07, 6.45) is 4.35. The Morgan fingerprint density at radius 3 is 3.11 bits per heavy atom. The smallest absolute Gasteiger partial charge is 0.229 e. The van der Waals surface area contributed by atoms with E-state index in [0.29, 0.717) is 12.8 Å². The number of piperidine rings is 1. The van der Waals surface area contributed by atoms with Crippen LogP contribution in [0.2, 0.25) is 0 Å². The van der Waals surface area contributed by atoms with Crippen LogP contribution in [0, 0.1) is 6.92 Å². The monoisotopic (exact) mass is 268 g/mol. The van der Waals surface area contributed by atoms with Crippen molar-refractivity contribution in [3.63, 3.8) is 0 Å². The minimum Gasteiger partial charge on any atom is -0.396 e. The van der Waals surface area contributed by atoms with E-state index in [4.69, 9.17) is 5.11 Å². The van der Waals surface area contributed by atoms with Crippen LogP contribution in [0.5, 0.6) is 0 Å². The van der Waals surface area contributed by atoms with Gasteiger partial charge in [0.05, 0.1) is 6.42 Å². The Hall–Kier alpha value is -0.940. The first-order valence-corrected chi connectivity index (χ1v) is 7.40. The molecule has 18 heavy (non-hydrogen) atoms. The number of aliphatic hydroxyl groups is 1. The topological polar surface area (TPSA) is 53.4 Å². The van der Waals surface area contributed by atoms with Crippen molar-refractivity contribution in [3.05, 3.63) is 16.1 Å². The Kier molecular flexibility index (Phi) is 4.72. The van der Waals surface area contributed by atoms with Crippen molar-refractivity contribution < 1.29 is 9.90 Å². The Bertz CT molecular complexity index is 403. The van der Waals surface area contributed by atoms with Crippen LogP contribution >= 0.6 is 11.3 Å². The fourth-order valence-corrected chi connectivity index (χ4v) is 3.26. The minimum absolute atomic E-state index is 0.155. The second kappa shape index (κ2) is 6.29. The number of rotatable bonds is 4. The lowest BCUT2D eigenvalue weighted by Crippen LogP contribution is -2.44. The molecule has 1 aliphatic heterocycles. The van der Waals surface area contributed by atoms with E-state index in [2.05, 4.69) is 4.98 Å². The fraction of sp³-hybridized carbons (Fsp3) is 0.692. The predicted molar refractivity (Wildman–Crippen MR) is 71.6 cm³/mol. The van der Waals surface area contributed by atoms with Crippen LogP contribution in [0.4, 0.5) is 0 Å². The predicted octanol–water partition coefficient (Wildman–Crippen LogP) is 1.76. The molecule has 2 heterocycles. The van der Waals surface area contributed by atoms with Gasteiger partial charge in [-0.25, -0.2) is 4.98 Å². The number of carbonyl (C=O) groups excluding carboxylic acids is 1. The number of likely N-dealkylation sites (tertiary alicyclic amines) is 1. The number of amides is 1. The van der Waals surface area contributed by atoms with Gasteiger partial charge in [-0.1, -0.05) is 0 Å². The number of aromatic nitrogens is 1. The van der Waals surface area contributed by atoms with E-state index in [1.54, 1.807) is 11.3 Å². The van der Waals surface area contributed by atoms with Gasteiger partial charge in [0.15, 0.2) is 0 Å². The number of thiazole rings is 1. The van der Waals surface area contributed by atoms with Gasteiger partial charge >= 0.3 is 0 Å². The number of hydrogen-bond donors (Lipinski definition) is 1. The summed E-state index contributed by atoms with van der Waals surface area (Å²) in [6, 6.07) is 0.220. The first-order valence-electron chi connectivity index (χ1n) is 6.52. The van der Waals surface area contributed by atoms with Gasteiger partial charge in [-0.15, -0.1) is 11.3 Å². The SMILES string of the molecule is Cc1csc(CC(=O)N2CCCCC2CCO)n1. The van der Waals surface area contributed by atoms with E-state index in [9.17, 15) is 4.79 Å².